The Morgan fingerprint density at radius 1 is 1.30 bits per heavy atom. The van der Waals surface area contributed by atoms with Crippen molar-refractivity contribution in [1.29, 1.82) is 0 Å². The highest BCUT2D eigenvalue weighted by atomic mass is 35.5. The van der Waals surface area contributed by atoms with Crippen molar-refractivity contribution in [3.8, 4) is 11.5 Å². The maximum Gasteiger partial charge on any atom is 0.255 e. The average Bonchev–Trinajstić information content (AvgIpc) is 2.47. The first kappa shape index (κ1) is 14.2. The number of hydrogen-bond acceptors (Lipinski definition) is 3. The van der Waals surface area contributed by atoms with Gasteiger partial charge in [0, 0.05) is 17.1 Å². The van der Waals surface area contributed by atoms with Gasteiger partial charge >= 0.3 is 0 Å². The molecule has 0 saturated heterocycles. The highest BCUT2D eigenvalue weighted by molar-refractivity contribution is 6.17. The van der Waals surface area contributed by atoms with E-state index < -0.39 is 0 Å². The molecule has 0 atom stereocenters. The Kier molecular flexibility index (Phi) is 4.48. The van der Waals surface area contributed by atoms with Crippen LogP contribution in [0.2, 0.25) is 0 Å². The Bertz CT molecular complexity index is 628. The van der Waals surface area contributed by atoms with Gasteiger partial charge in [-0.2, -0.15) is 0 Å². The largest absolute Gasteiger partial charge is 0.504 e. The first-order chi connectivity index (χ1) is 9.63. The smallest absolute Gasteiger partial charge is 0.255 e. The number of anilines is 1. The molecule has 0 aromatic heterocycles. The fourth-order valence-electron chi connectivity index (χ4n) is 1.77. The van der Waals surface area contributed by atoms with E-state index >= 15 is 0 Å². The molecule has 0 unspecified atom stereocenters. The normalized spacial score (nSPS) is 10.1. The molecule has 20 heavy (non-hydrogen) atoms. The number of halogens is 1. The Labute approximate surface area is 122 Å². The van der Waals surface area contributed by atoms with E-state index in [1.807, 2.05) is 12.1 Å². The first-order valence-electron chi connectivity index (χ1n) is 5.97. The number of carbonyl (C=O) groups excluding carboxylic acids is 1. The van der Waals surface area contributed by atoms with Crippen LogP contribution in [-0.2, 0) is 5.88 Å². The number of carbonyl (C=O) groups is 1. The van der Waals surface area contributed by atoms with E-state index in [0.29, 0.717) is 22.9 Å². The van der Waals surface area contributed by atoms with E-state index in [1.54, 1.807) is 24.3 Å². The van der Waals surface area contributed by atoms with Crippen molar-refractivity contribution in [3.05, 3.63) is 53.6 Å². The summed E-state index contributed by atoms with van der Waals surface area (Å²) in [7, 11) is 1.45. The molecule has 104 valence electrons. The molecule has 2 N–H and O–H groups in total. The molecule has 0 aliphatic rings. The minimum absolute atomic E-state index is 0.0744. The topological polar surface area (TPSA) is 58.6 Å². The van der Waals surface area contributed by atoms with Gasteiger partial charge in [0.15, 0.2) is 11.5 Å². The first-order valence-corrected chi connectivity index (χ1v) is 6.50. The van der Waals surface area contributed by atoms with Crippen molar-refractivity contribution in [2.75, 3.05) is 12.4 Å². The van der Waals surface area contributed by atoms with Crippen LogP contribution in [0.1, 0.15) is 15.9 Å². The molecule has 2 aromatic carbocycles. The molecule has 0 aliphatic carbocycles. The van der Waals surface area contributed by atoms with Crippen LogP contribution in [0, 0.1) is 0 Å². The van der Waals surface area contributed by atoms with Crippen LogP contribution in [0.15, 0.2) is 42.5 Å². The van der Waals surface area contributed by atoms with Gasteiger partial charge in [0.25, 0.3) is 5.91 Å². The lowest BCUT2D eigenvalue weighted by molar-refractivity contribution is 0.102. The van der Waals surface area contributed by atoms with E-state index in [4.69, 9.17) is 16.3 Å². The van der Waals surface area contributed by atoms with E-state index in [1.165, 1.54) is 13.2 Å². The summed E-state index contributed by atoms with van der Waals surface area (Å²) in [4.78, 5) is 12.1. The summed E-state index contributed by atoms with van der Waals surface area (Å²) in [6.07, 6.45) is 0. The number of nitrogens with one attached hydrogen (secondary N) is 1. The number of alkyl halides is 1. The summed E-state index contributed by atoms with van der Waals surface area (Å²) in [5.74, 6) is 0.322. The lowest BCUT2D eigenvalue weighted by Gasteiger charge is -2.08. The third kappa shape index (κ3) is 3.22. The molecule has 2 aromatic rings. The number of methoxy groups -OCH3 is 1. The van der Waals surface area contributed by atoms with Gasteiger partial charge in [-0.1, -0.05) is 12.1 Å². The van der Waals surface area contributed by atoms with Gasteiger partial charge in [0.05, 0.1) is 7.11 Å². The van der Waals surface area contributed by atoms with Crippen LogP contribution in [0.5, 0.6) is 11.5 Å². The monoisotopic (exact) mass is 291 g/mol. The molecule has 1 amide bonds. The quantitative estimate of drug-likeness (QED) is 0.849. The van der Waals surface area contributed by atoms with Crippen molar-refractivity contribution < 1.29 is 14.6 Å². The lowest BCUT2D eigenvalue weighted by Crippen LogP contribution is -2.11. The molecule has 0 radical (unpaired) electrons. The van der Waals surface area contributed by atoms with Gasteiger partial charge in [0.1, 0.15) is 0 Å². The molecule has 0 saturated carbocycles. The summed E-state index contributed by atoms with van der Waals surface area (Å²) in [6, 6.07) is 11.8. The van der Waals surface area contributed by atoms with Gasteiger partial charge in [-0.3, -0.25) is 4.79 Å². The Morgan fingerprint density at radius 2 is 2.10 bits per heavy atom. The van der Waals surface area contributed by atoms with Gasteiger partial charge in [-0.15, -0.1) is 11.6 Å². The summed E-state index contributed by atoms with van der Waals surface area (Å²) >= 11 is 5.75. The summed E-state index contributed by atoms with van der Waals surface area (Å²) < 4.78 is 4.93. The number of hydrogen-bond donors (Lipinski definition) is 2. The van der Waals surface area contributed by atoms with Crippen molar-refractivity contribution in [2.45, 2.75) is 5.88 Å². The zero-order chi connectivity index (χ0) is 14.5. The van der Waals surface area contributed by atoms with Gasteiger partial charge < -0.3 is 15.2 Å². The lowest BCUT2D eigenvalue weighted by atomic mass is 10.1. The predicted octanol–water partition coefficient (Wildman–Crippen LogP) is 3.39. The molecule has 5 heteroatoms. The second-order valence-electron chi connectivity index (χ2n) is 4.17. The van der Waals surface area contributed by atoms with E-state index in [9.17, 15) is 9.90 Å². The zero-order valence-electron chi connectivity index (χ0n) is 10.9. The molecule has 0 aliphatic heterocycles. The van der Waals surface area contributed by atoms with Crippen molar-refractivity contribution >= 4 is 23.2 Å². The van der Waals surface area contributed by atoms with Crippen molar-refractivity contribution in [2.24, 2.45) is 0 Å². The molecule has 4 nitrogen and oxygen atoms in total. The maximum atomic E-state index is 12.1. The summed E-state index contributed by atoms with van der Waals surface area (Å²) in [5.41, 5.74) is 1.92. The predicted molar refractivity (Wildman–Crippen MR) is 78.6 cm³/mol. The SMILES string of the molecule is COc1ccc(C(=O)Nc2cccc(CCl)c2)cc1O. The molecular formula is C15H14ClNO3. The van der Waals surface area contributed by atoms with E-state index in [2.05, 4.69) is 5.32 Å². The fraction of sp³-hybridized carbons (Fsp3) is 0.133. The second kappa shape index (κ2) is 6.30. The van der Waals surface area contributed by atoms with Crippen LogP contribution < -0.4 is 10.1 Å². The maximum absolute atomic E-state index is 12.1. The Hall–Kier alpha value is -2.20. The molecule has 2 rings (SSSR count). The number of phenols is 1. The fourth-order valence-corrected chi connectivity index (χ4v) is 1.93. The number of aromatic hydroxyl groups is 1. The zero-order valence-corrected chi connectivity index (χ0v) is 11.6. The van der Waals surface area contributed by atoms with Crippen LogP contribution in [-0.4, -0.2) is 18.1 Å². The number of rotatable bonds is 4. The Morgan fingerprint density at radius 3 is 2.75 bits per heavy atom. The van der Waals surface area contributed by atoms with Crippen LogP contribution in [0.4, 0.5) is 5.69 Å². The molecule has 0 heterocycles. The number of ether oxygens (including phenoxy) is 1. The molecule has 0 spiro atoms. The average molecular weight is 292 g/mol. The molecule has 0 bridgehead atoms. The number of amides is 1. The van der Waals surface area contributed by atoms with Crippen LogP contribution in [0.3, 0.4) is 0 Å². The number of benzene rings is 2. The second-order valence-corrected chi connectivity index (χ2v) is 4.44. The minimum atomic E-state index is -0.310. The van der Waals surface area contributed by atoms with Crippen LogP contribution in [0.25, 0.3) is 0 Å². The van der Waals surface area contributed by atoms with Crippen molar-refractivity contribution in [3.63, 3.8) is 0 Å². The van der Waals surface area contributed by atoms with Crippen LogP contribution >= 0.6 is 11.6 Å². The van der Waals surface area contributed by atoms with Gasteiger partial charge in [-0.05, 0) is 35.9 Å². The van der Waals surface area contributed by atoms with Crippen molar-refractivity contribution in [1.82, 2.24) is 0 Å². The third-order valence-corrected chi connectivity index (χ3v) is 3.09. The summed E-state index contributed by atoms with van der Waals surface area (Å²) in [6.45, 7) is 0. The van der Waals surface area contributed by atoms with E-state index in [-0.39, 0.29) is 11.7 Å². The minimum Gasteiger partial charge on any atom is -0.504 e. The third-order valence-electron chi connectivity index (χ3n) is 2.78. The summed E-state index contributed by atoms with van der Waals surface area (Å²) in [5, 5.41) is 12.4. The molecule has 0 fully saturated rings. The standard InChI is InChI=1S/C15H14ClNO3/c1-20-14-6-5-11(8-13(14)18)15(19)17-12-4-2-3-10(7-12)9-16/h2-8,18H,9H2,1H3,(H,17,19). The Balaban J connectivity index is 2.17. The molecular weight excluding hydrogens is 278 g/mol. The highest BCUT2D eigenvalue weighted by Gasteiger charge is 2.10. The number of phenolic OH excluding ortho intramolecular Hbond substituents is 1. The van der Waals surface area contributed by atoms with Gasteiger partial charge in [-0.25, -0.2) is 0 Å². The van der Waals surface area contributed by atoms with Gasteiger partial charge in [0.2, 0.25) is 0 Å². The van der Waals surface area contributed by atoms with E-state index in [0.717, 1.165) is 5.56 Å². The highest BCUT2D eigenvalue weighted by Crippen LogP contribution is 2.26.